The van der Waals surface area contributed by atoms with Crippen LogP contribution in [0.4, 0.5) is 0 Å². The Kier molecular flexibility index (Phi) is 4.01. The molecule has 0 unspecified atom stereocenters. The van der Waals surface area contributed by atoms with Crippen molar-refractivity contribution >= 4 is 17.0 Å². The third kappa shape index (κ3) is 2.97. The number of para-hydroxylation sites is 1. The van der Waals surface area contributed by atoms with E-state index in [1.807, 2.05) is 55.5 Å². The van der Waals surface area contributed by atoms with Gasteiger partial charge in [-0.05, 0) is 24.6 Å². The van der Waals surface area contributed by atoms with Crippen molar-refractivity contribution in [2.45, 2.75) is 13.5 Å². The molecule has 0 atom stereocenters. The van der Waals surface area contributed by atoms with Crippen LogP contribution < -0.4 is 5.32 Å². The predicted octanol–water partition coefficient (Wildman–Crippen LogP) is 3.47. The molecule has 0 aliphatic heterocycles. The minimum Gasteiger partial charge on any atom is -0.439 e. The van der Waals surface area contributed by atoms with Gasteiger partial charge in [-0.15, -0.1) is 0 Å². The van der Waals surface area contributed by atoms with Crippen molar-refractivity contribution in [1.82, 2.24) is 20.1 Å². The van der Waals surface area contributed by atoms with Crippen LogP contribution in [-0.4, -0.2) is 20.7 Å². The van der Waals surface area contributed by atoms with Gasteiger partial charge >= 0.3 is 0 Å². The molecule has 6 heteroatoms. The van der Waals surface area contributed by atoms with Crippen LogP contribution in [0.2, 0.25) is 0 Å². The Labute approximate surface area is 150 Å². The number of benzene rings is 2. The Morgan fingerprint density at radius 1 is 1.15 bits per heavy atom. The highest BCUT2D eigenvalue weighted by Crippen LogP contribution is 2.20. The molecule has 1 N–H and O–H groups in total. The quantitative estimate of drug-likeness (QED) is 0.614. The molecule has 2 aromatic carbocycles. The highest BCUT2D eigenvalue weighted by Gasteiger charge is 2.15. The van der Waals surface area contributed by atoms with Crippen molar-refractivity contribution in [2.75, 3.05) is 0 Å². The summed E-state index contributed by atoms with van der Waals surface area (Å²) >= 11 is 0. The van der Waals surface area contributed by atoms with E-state index in [1.165, 1.54) is 0 Å². The molecular weight excluding hydrogens is 328 g/mol. The molecule has 2 aromatic heterocycles. The minimum absolute atomic E-state index is 0.221. The lowest BCUT2D eigenvalue weighted by Gasteiger charge is -2.02. The number of rotatable bonds is 4. The number of nitrogens with one attached hydrogen (secondary N) is 1. The molecule has 0 radical (unpaired) electrons. The van der Waals surface area contributed by atoms with Crippen LogP contribution in [0.3, 0.4) is 0 Å². The molecule has 0 bridgehead atoms. The van der Waals surface area contributed by atoms with Gasteiger partial charge in [0, 0.05) is 12.6 Å². The Bertz CT molecular complexity index is 1080. The lowest BCUT2D eigenvalue weighted by molar-refractivity contribution is 0.0938. The van der Waals surface area contributed by atoms with Crippen LogP contribution in [-0.2, 0) is 13.6 Å². The topological polar surface area (TPSA) is 73.0 Å². The van der Waals surface area contributed by atoms with Crippen LogP contribution in [0.25, 0.3) is 22.4 Å². The second-order valence-corrected chi connectivity index (χ2v) is 6.12. The van der Waals surface area contributed by atoms with Gasteiger partial charge in [0.2, 0.25) is 5.89 Å². The van der Waals surface area contributed by atoms with E-state index in [2.05, 4.69) is 15.4 Å². The highest BCUT2D eigenvalue weighted by molar-refractivity contribution is 5.93. The number of aromatic nitrogens is 3. The third-order valence-electron chi connectivity index (χ3n) is 4.25. The first kappa shape index (κ1) is 16.1. The van der Waals surface area contributed by atoms with Crippen LogP contribution in [0, 0.1) is 6.92 Å². The molecule has 4 aromatic rings. The van der Waals surface area contributed by atoms with Gasteiger partial charge in [0.15, 0.2) is 5.58 Å². The van der Waals surface area contributed by atoms with Crippen molar-refractivity contribution in [1.29, 1.82) is 0 Å². The van der Waals surface area contributed by atoms with Gasteiger partial charge in [0.05, 0.1) is 12.2 Å². The van der Waals surface area contributed by atoms with Gasteiger partial charge in [-0.2, -0.15) is 5.10 Å². The second-order valence-electron chi connectivity index (χ2n) is 6.12. The van der Waals surface area contributed by atoms with E-state index in [9.17, 15) is 4.79 Å². The SMILES string of the molecule is Cc1cccc2oc(CNC(=O)c3cc(-c4ccccc4)nn3C)nc12. The molecule has 0 fully saturated rings. The van der Waals surface area contributed by atoms with Gasteiger partial charge in [0.25, 0.3) is 5.91 Å². The molecule has 6 nitrogen and oxygen atoms in total. The lowest BCUT2D eigenvalue weighted by atomic mass is 10.1. The number of amides is 1. The fraction of sp³-hybridized carbons (Fsp3) is 0.150. The zero-order valence-electron chi connectivity index (χ0n) is 14.6. The van der Waals surface area contributed by atoms with Crippen molar-refractivity contribution in [3.05, 3.63) is 71.7 Å². The van der Waals surface area contributed by atoms with E-state index in [1.54, 1.807) is 17.8 Å². The summed E-state index contributed by atoms with van der Waals surface area (Å²) < 4.78 is 7.27. The highest BCUT2D eigenvalue weighted by atomic mass is 16.3. The first-order valence-corrected chi connectivity index (χ1v) is 8.34. The number of aryl methyl sites for hydroxylation is 2. The molecule has 130 valence electrons. The monoisotopic (exact) mass is 346 g/mol. The van der Waals surface area contributed by atoms with Crippen LogP contribution in [0.15, 0.2) is 59.0 Å². The maximum absolute atomic E-state index is 12.5. The normalized spacial score (nSPS) is 11.0. The zero-order chi connectivity index (χ0) is 18.1. The molecule has 0 saturated carbocycles. The maximum Gasteiger partial charge on any atom is 0.269 e. The zero-order valence-corrected chi connectivity index (χ0v) is 14.6. The van der Waals surface area contributed by atoms with Crippen molar-refractivity contribution in [3.8, 4) is 11.3 Å². The smallest absolute Gasteiger partial charge is 0.269 e. The van der Waals surface area contributed by atoms with Gasteiger partial charge < -0.3 is 9.73 Å². The number of hydrogen-bond donors (Lipinski definition) is 1. The van der Waals surface area contributed by atoms with Crippen LogP contribution >= 0.6 is 0 Å². The van der Waals surface area contributed by atoms with Crippen LogP contribution in [0.5, 0.6) is 0 Å². The molecular formula is C20H18N4O2. The van der Waals surface area contributed by atoms with E-state index in [4.69, 9.17) is 4.42 Å². The summed E-state index contributed by atoms with van der Waals surface area (Å²) in [4.78, 5) is 17.0. The largest absolute Gasteiger partial charge is 0.439 e. The summed E-state index contributed by atoms with van der Waals surface area (Å²) in [5, 5.41) is 7.27. The van der Waals surface area contributed by atoms with Gasteiger partial charge in [-0.3, -0.25) is 9.48 Å². The third-order valence-corrected chi connectivity index (χ3v) is 4.25. The Morgan fingerprint density at radius 3 is 2.73 bits per heavy atom. The Morgan fingerprint density at radius 2 is 1.96 bits per heavy atom. The van der Waals surface area contributed by atoms with E-state index in [0.717, 1.165) is 27.9 Å². The maximum atomic E-state index is 12.5. The van der Waals surface area contributed by atoms with E-state index < -0.39 is 0 Å². The van der Waals surface area contributed by atoms with E-state index >= 15 is 0 Å². The number of carbonyl (C=O) groups is 1. The van der Waals surface area contributed by atoms with Crippen molar-refractivity contribution < 1.29 is 9.21 Å². The Balaban J connectivity index is 1.51. The lowest BCUT2D eigenvalue weighted by Crippen LogP contribution is -2.25. The van der Waals surface area contributed by atoms with Crippen molar-refractivity contribution in [2.24, 2.45) is 7.05 Å². The Hall–Kier alpha value is -3.41. The van der Waals surface area contributed by atoms with E-state index in [-0.39, 0.29) is 12.5 Å². The fourth-order valence-corrected chi connectivity index (χ4v) is 2.88. The number of fused-ring (bicyclic) bond motifs is 1. The minimum atomic E-state index is -0.221. The van der Waals surface area contributed by atoms with E-state index in [0.29, 0.717) is 11.6 Å². The summed E-state index contributed by atoms with van der Waals surface area (Å²) in [7, 11) is 1.75. The summed E-state index contributed by atoms with van der Waals surface area (Å²) in [5.41, 5.74) is 4.80. The number of hydrogen-bond acceptors (Lipinski definition) is 4. The van der Waals surface area contributed by atoms with Crippen LogP contribution in [0.1, 0.15) is 21.9 Å². The summed E-state index contributed by atoms with van der Waals surface area (Å²) in [6.07, 6.45) is 0. The average Bonchev–Trinajstić information content (AvgIpc) is 3.25. The average molecular weight is 346 g/mol. The molecule has 26 heavy (non-hydrogen) atoms. The molecule has 0 aliphatic carbocycles. The predicted molar refractivity (Wildman–Crippen MR) is 98.6 cm³/mol. The molecule has 1 amide bonds. The second kappa shape index (κ2) is 6.48. The number of nitrogens with zero attached hydrogens (tertiary/aromatic N) is 3. The van der Waals surface area contributed by atoms with Gasteiger partial charge in [-0.25, -0.2) is 4.98 Å². The first-order valence-electron chi connectivity index (χ1n) is 8.34. The summed E-state index contributed by atoms with van der Waals surface area (Å²) in [6, 6.07) is 17.3. The molecule has 4 rings (SSSR count). The first-order chi connectivity index (χ1) is 12.6. The number of oxazole rings is 1. The molecule has 2 heterocycles. The van der Waals surface area contributed by atoms with Gasteiger partial charge in [0.1, 0.15) is 11.2 Å². The fourth-order valence-electron chi connectivity index (χ4n) is 2.88. The summed E-state index contributed by atoms with van der Waals surface area (Å²) in [5.74, 6) is 0.259. The summed E-state index contributed by atoms with van der Waals surface area (Å²) in [6.45, 7) is 2.20. The number of carbonyl (C=O) groups excluding carboxylic acids is 1. The molecule has 0 aliphatic rings. The molecule has 0 spiro atoms. The van der Waals surface area contributed by atoms with Crippen molar-refractivity contribution in [3.63, 3.8) is 0 Å². The standard InChI is InChI=1S/C20H18N4O2/c1-13-7-6-10-17-19(13)22-18(26-17)12-21-20(25)16-11-15(23-24(16)2)14-8-4-3-5-9-14/h3-11H,12H2,1-2H3,(H,21,25). The van der Waals surface area contributed by atoms with Gasteiger partial charge in [-0.1, -0.05) is 42.5 Å². The molecule has 0 saturated heterocycles.